The molecule has 0 aliphatic carbocycles. The summed E-state index contributed by atoms with van der Waals surface area (Å²) < 4.78 is 0. The van der Waals surface area contributed by atoms with Crippen LogP contribution in [0.15, 0.2) is 0 Å². The molecular weight excluding hydrogens is 240 g/mol. The van der Waals surface area contributed by atoms with Gasteiger partial charge in [0.15, 0.2) is 0 Å². The highest BCUT2D eigenvalue weighted by Gasteiger charge is 2.14. The van der Waals surface area contributed by atoms with Crippen LogP contribution in [0.3, 0.4) is 0 Å². The van der Waals surface area contributed by atoms with Gasteiger partial charge < -0.3 is 15.7 Å². The normalized spacial score (nSPS) is 14.1. The number of hydrogen-bond acceptors (Lipinski definition) is 3. The van der Waals surface area contributed by atoms with Crippen molar-refractivity contribution in [3.63, 3.8) is 0 Å². The van der Waals surface area contributed by atoms with Crippen molar-refractivity contribution in [1.82, 2.24) is 10.6 Å². The van der Waals surface area contributed by atoms with Gasteiger partial charge in [-0.3, -0.25) is 4.79 Å². The second-order valence-corrected chi connectivity index (χ2v) is 5.30. The summed E-state index contributed by atoms with van der Waals surface area (Å²) in [5, 5.41) is 15.2. The van der Waals surface area contributed by atoms with Crippen molar-refractivity contribution >= 4 is 5.91 Å². The Kier molecular flexibility index (Phi) is 12.0. The fourth-order valence-corrected chi connectivity index (χ4v) is 2.12. The minimum Gasteiger partial charge on any atom is -0.396 e. The third kappa shape index (κ3) is 9.91. The van der Waals surface area contributed by atoms with E-state index in [0.29, 0.717) is 5.92 Å². The van der Waals surface area contributed by atoms with Gasteiger partial charge in [-0.1, -0.05) is 33.1 Å². The monoisotopic (exact) mass is 272 g/mol. The van der Waals surface area contributed by atoms with Crippen LogP contribution in [0.2, 0.25) is 0 Å². The zero-order chi connectivity index (χ0) is 14.5. The average Bonchev–Trinajstić information content (AvgIpc) is 2.40. The van der Waals surface area contributed by atoms with Gasteiger partial charge in [0.2, 0.25) is 5.91 Å². The Morgan fingerprint density at radius 1 is 1.16 bits per heavy atom. The molecule has 0 heterocycles. The van der Waals surface area contributed by atoms with Gasteiger partial charge in [-0.05, 0) is 38.6 Å². The van der Waals surface area contributed by atoms with Crippen LogP contribution in [-0.2, 0) is 4.79 Å². The number of hydrogen-bond donors (Lipinski definition) is 3. The summed E-state index contributed by atoms with van der Waals surface area (Å²) in [4.78, 5) is 11.8. The number of unbranched alkanes of at least 4 members (excludes halogenated alkanes) is 2. The minimum atomic E-state index is -0.153. The summed E-state index contributed by atoms with van der Waals surface area (Å²) in [5.74, 6) is 0.542. The van der Waals surface area contributed by atoms with Crippen LogP contribution in [0.25, 0.3) is 0 Å². The zero-order valence-electron chi connectivity index (χ0n) is 12.9. The lowest BCUT2D eigenvalue weighted by atomic mass is 10.00. The molecule has 4 nitrogen and oxygen atoms in total. The third-order valence-electron chi connectivity index (χ3n) is 3.42. The second kappa shape index (κ2) is 12.4. The lowest BCUT2D eigenvalue weighted by molar-refractivity contribution is -0.122. The van der Waals surface area contributed by atoms with E-state index in [-0.39, 0.29) is 18.6 Å². The molecular formula is C15H32N2O2. The Morgan fingerprint density at radius 3 is 2.47 bits per heavy atom. The number of aliphatic hydroxyl groups is 1. The van der Waals surface area contributed by atoms with E-state index in [1.807, 2.05) is 6.92 Å². The molecule has 0 aromatic rings. The van der Waals surface area contributed by atoms with Gasteiger partial charge in [-0.15, -0.1) is 0 Å². The lowest BCUT2D eigenvalue weighted by Gasteiger charge is -2.19. The highest BCUT2D eigenvalue weighted by Crippen LogP contribution is 2.09. The summed E-state index contributed by atoms with van der Waals surface area (Å²) in [6.07, 6.45) is 6.41. The molecule has 0 saturated carbocycles. The number of rotatable bonds is 12. The number of carbonyl (C=O) groups is 1. The molecule has 0 fully saturated rings. The molecule has 0 aromatic carbocycles. The van der Waals surface area contributed by atoms with Crippen LogP contribution in [0.4, 0.5) is 0 Å². The van der Waals surface area contributed by atoms with Crippen molar-refractivity contribution in [3.8, 4) is 0 Å². The first kappa shape index (κ1) is 18.4. The van der Waals surface area contributed by atoms with Crippen molar-refractivity contribution in [2.75, 3.05) is 19.7 Å². The van der Waals surface area contributed by atoms with Gasteiger partial charge in [0.25, 0.3) is 0 Å². The van der Waals surface area contributed by atoms with Crippen molar-refractivity contribution in [1.29, 1.82) is 0 Å². The molecule has 2 atom stereocenters. The van der Waals surface area contributed by atoms with E-state index in [4.69, 9.17) is 5.11 Å². The molecule has 0 aliphatic rings. The lowest BCUT2D eigenvalue weighted by Crippen LogP contribution is -2.44. The molecule has 0 aliphatic heterocycles. The maximum Gasteiger partial charge on any atom is 0.236 e. The molecule has 0 bridgehead atoms. The summed E-state index contributed by atoms with van der Waals surface area (Å²) in [6, 6.07) is -0.153. The van der Waals surface area contributed by atoms with Crippen LogP contribution in [0, 0.1) is 5.92 Å². The Balaban J connectivity index is 3.80. The maximum atomic E-state index is 11.8. The van der Waals surface area contributed by atoms with Gasteiger partial charge in [-0.2, -0.15) is 0 Å². The molecule has 3 N–H and O–H groups in total. The fourth-order valence-electron chi connectivity index (χ4n) is 2.12. The molecule has 19 heavy (non-hydrogen) atoms. The molecule has 0 rings (SSSR count). The molecule has 114 valence electrons. The first-order valence-corrected chi connectivity index (χ1v) is 7.77. The van der Waals surface area contributed by atoms with Gasteiger partial charge >= 0.3 is 0 Å². The van der Waals surface area contributed by atoms with Crippen molar-refractivity contribution in [2.45, 2.75) is 65.3 Å². The third-order valence-corrected chi connectivity index (χ3v) is 3.42. The van der Waals surface area contributed by atoms with E-state index >= 15 is 0 Å². The van der Waals surface area contributed by atoms with Gasteiger partial charge in [0.1, 0.15) is 0 Å². The van der Waals surface area contributed by atoms with Gasteiger partial charge in [-0.25, -0.2) is 0 Å². The fraction of sp³-hybridized carbons (Fsp3) is 0.933. The quantitative estimate of drug-likeness (QED) is 0.477. The highest BCUT2D eigenvalue weighted by molar-refractivity contribution is 5.81. The van der Waals surface area contributed by atoms with E-state index in [0.717, 1.165) is 45.2 Å². The van der Waals surface area contributed by atoms with Crippen LogP contribution in [-0.4, -0.2) is 36.8 Å². The van der Waals surface area contributed by atoms with Crippen molar-refractivity contribution in [2.24, 2.45) is 5.92 Å². The second-order valence-electron chi connectivity index (χ2n) is 5.30. The summed E-state index contributed by atoms with van der Waals surface area (Å²) in [6.45, 7) is 8.00. The minimum absolute atomic E-state index is 0.0790. The van der Waals surface area contributed by atoms with Crippen LogP contribution in [0.1, 0.15) is 59.3 Å². The smallest absolute Gasteiger partial charge is 0.236 e. The standard InChI is InChI=1S/C15H32N2O2/c1-4-6-7-10-16-15(19)13(3)17-12-14(8-5-2)9-11-18/h13-14,17-18H,4-12H2,1-3H3,(H,16,19). The largest absolute Gasteiger partial charge is 0.396 e. The average molecular weight is 272 g/mol. The summed E-state index contributed by atoms with van der Waals surface area (Å²) in [5.41, 5.74) is 0. The number of amides is 1. The Hall–Kier alpha value is -0.610. The summed E-state index contributed by atoms with van der Waals surface area (Å²) in [7, 11) is 0. The molecule has 0 aromatic heterocycles. The summed E-state index contributed by atoms with van der Waals surface area (Å²) >= 11 is 0. The topological polar surface area (TPSA) is 61.4 Å². The van der Waals surface area contributed by atoms with E-state index in [1.54, 1.807) is 0 Å². The first-order chi connectivity index (χ1) is 9.15. The van der Waals surface area contributed by atoms with Crippen molar-refractivity contribution in [3.05, 3.63) is 0 Å². The molecule has 2 unspecified atom stereocenters. The van der Waals surface area contributed by atoms with E-state index < -0.39 is 0 Å². The Labute approximate surface area is 118 Å². The van der Waals surface area contributed by atoms with Crippen LogP contribution in [0.5, 0.6) is 0 Å². The van der Waals surface area contributed by atoms with Crippen LogP contribution >= 0.6 is 0 Å². The highest BCUT2D eigenvalue weighted by atomic mass is 16.3. The number of aliphatic hydroxyl groups excluding tert-OH is 1. The molecule has 1 amide bonds. The predicted molar refractivity (Wildman–Crippen MR) is 80.1 cm³/mol. The predicted octanol–water partition coefficient (Wildman–Crippen LogP) is 2.07. The number of nitrogens with one attached hydrogen (secondary N) is 2. The molecule has 0 radical (unpaired) electrons. The first-order valence-electron chi connectivity index (χ1n) is 7.77. The van der Waals surface area contributed by atoms with Gasteiger partial charge in [0, 0.05) is 13.2 Å². The van der Waals surface area contributed by atoms with Crippen LogP contribution < -0.4 is 10.6 Å². The molecule has 0 spiro atoms. The molecule has 0 saturated heterocycles. The number of carbonyl (C=O) groups excluding carboxylic acids is 1. The van der Waals surface area contributed by atoms with Crippen molar-refractivity contribution < 1.29 is 9.90 Å². The SMILES string of the molecule is CCCCCNC(=O)C(C)NCC(CCC)CCO. The Morgan fingerprint density at radius 2 is 1.89 bits per heavy atom. The van der Waals surface area contributed by atoms with E-state index in [9.17, 15) is 4.79 Å². The maximum absolute atomic E-state index is 11.8. The molecule has 4 heteroatoms. The zero-order valence-corrected chi connectivity index (χ0v) is 12.9. The van der Waals surface area contributed by atoms with Gasteiger partial charge in [0.05, 0.1) is 6.04 Å². The van der Waals surface area contributed by atoms with E-state index in [1.165, 1.54) is 6.42 Å². The Bertz CT molecular complexity index is 216. The van der Waals surface area contributed by atoms with E-state index in [2.05, 4.69) is 24.5 Å².